The SMILES string of the molecule is Cc1nc(Nc2nccs2)cc([C@H]2CCCN2C(=O)c2ccccc2)n1. The maximum atomic E-state index is 12.9. The van der Waals surface area contributed by atoms with Crippen LogP contribution in [-0.4, -0.2) is 32.3 Å². The minimum Gasteiger partial charge on any atom is -0.330 e. The molecule has 0 spiro atoms. The predicted molar refractivity (Wildman–Crippen MR) is 102 cm³/mol. The van der Waals surface area contributed by atoms with Crippen LogP contribution >= 0.6 is 11.3 Å². The minimum atomic E-state index is -0.0266. The average molecular weight is 365 g/mol. The molecule has 0 unspecified atom stereocenters. The molecule has 3 heterocycles. The van der Waals surface area contributed by atoms with Crippen molar-refractivity contribution < 1.29 is 4.79 Å². The molecule has 2 aromatic heterocycles. The third kappa shape index (κ3) is 3.43. The van der Waals surface area contributed by atoms with Crippen LogP contribution in [0.15, 0.2) is 48.0 Å². The Bertz CT molecular complexity index is 898. The van der Waals surface area contributed by atoms with E-state index in [0.717, 1.165) is 30.2 Å². The number of hydrogen-bond acceptors (Lipinski definition) is 6. The van der Waals surface area contributed by atoms with Crippen LogP contribution in [0.4, 0.5) is 10.9 Å². The Morgan fingerprint density at radius 2 is 2.12 bits per heavy atom. The average Bonchev–Trinajstić information content (AvgIpc) is 3.33. The predicted octanol–water partition coefficient (Wildman–Crippen LogP) is 3.96. The molecule has 1 saturated heterocycles. The molecule has 132 valence electrons. The number of carbonyl (C=O) groups is 1. The van der Waals surface area contributed by atoms with Crippen LogP contribution < -0.4 is 5.32 Å². The van der Waals surface area contributed by atoms with E-state index in [-0.39, 0.29) is 11.9 Å². The third-order valence-corrected chi connectivity index (χ3v) is 5.09. The lowest BCUT2D eigenvalue weighted by Crippen LogP contribution is -2.31. The zero-order valence-electron chi connectivity index (χ0n) is 14.4. The van der Waals surface area contributed by atoms with Gasteiger partial charge in [0.25, 0.3) is 5.91 Å². The highest BCUT2D eigenvalue weighted by Crippen LogP contribution is 2.33. The maximum Gasteiger partial charge on any atom is 0.254 e. The first-order valence-corrected chi connectivity index (χ1v) is 9.47. The molecule has 0 aliphatic carbocycles. The Morgan fingerprint density at radius 3 is 2.88 bits per heavy atom. The van der Waals surface area contributed by atoms with Gasteiger partial charge in [-0.1, -0.05) is 18.2 Å². The van der Waals surface area contributed by atoms with Crippen LogP contribution in [0.2, 0.25) is 0 Å². The number of thiazole rings is 1. The highest BCUT2D eigenvalue weighted by Gasteiger charge is 2.32. The maximum absolute atomic E-state index is 12.9. The van der Waals surface area contributed by atoms with E-state index in [1.54, 1.807) is 6.20 Å². The minimum absolute atomic E-state index is 0.0266. The molecule has 6 nitrogen and oxygen atoms in total. The molecule has 26 heavy (non-hydrogen) atoms. The Morgan fingerprint density at radius 1 is 1.27 bits per heavy atom. The summed E-state index contributed by atoms with van der Waals surface area (Å²) in [6, 6.07) is 11.3. The van der Waals surface area contributed by atoms with E-state index < -0.39 is 0 Å². The van der Waals surface area contributed by atoms with Crippen LogP contribution in [0.25, 0.3) is 0 Å². The molecule has 1 aromatic carbocycles. The van der Waals surface area contributed by atoms with Gasteiger partial charge in [0.05, 0.1) is 11.7 Å². The Balaban J connectivity index is 1.61. The molecule has 3 aromatic rings. The van der Waals surface area contributed by atoms with Crippen LogP contribution in [0.1, 0.15) is 40.8 Å². The summed E-state index contributed by atoms with van der Waals surface area (Å²) in [7, 11) is 0. The van der Waals surface area contributed by atoms with Crippen molar-refractivity contribution in [3.63, 3.8) is 0 Å². The summed E-state index contributed by atoms with van der Waals surface area (Å²) in [4.78, 5) is 28.1. The number of aromatic nitrogens is 3. The van der Waals surface area contributed by atoms with Gasteiger partial charge in [0.2, 0.25) is 0 Å². The van der Waals surface area contributed by atoms with E-state index >= 15 is 0 Å². The van der Waals surface area contributed by atoms with Gasteiger partial charge in [0, 0.05) is 29.8 Å². The van der Waals surface area contributed by atoms with Gasteiger partial charge in [-0.3, -0.25) is 4.79 Å². The molecule has 1 N–H and O–H groups in total. The Kier molecular flexibility index (Phi) is 4.62. The monoisotopic (exact) mass is 365 g/mol. The molecule has 1 amide bonds. The van der Waals surface area contributed by atoms with Crippen molar-refractivity contribution >= 4 is 28.2 Å². The highest BCUT2D eigenvalue weighted by molar-refractivity contribution is 7.13. The number of benzene rings is 1. The number of nitrogens with one attached hydrogen (secondary N) is 1. The van der Waals surface area contributed by atoms with E-state index in [4.69, 9.17) is 0 Å². The number of nitrogens with zero attached hydrogens (tertiary/aromatic N) is 4. The van der Waals surface area contributed by atoms with Crippen LogP contribution in [0, 0.1) is 6.92 Å². The first kappa shape index (κ1) is 16.7. The number of anilines is 2. The summed E-state index contributed by atoms with van der Waals surface area (Å²) in [5.41, 5.74) is 1.59. The van der Waals surface area contributed by atoms with Gasteiger partial charge in [-0.25, -0.2) is 15.0 Å². The van der Waals surface area contributed by atoms with Crippen molar-refractivity contribution in [1.29, 1.82) is 0 Å². The second-order valence-electron chi connectivity index (χ2n) is 6.21. The van der Waals surface area contributed by atoms with Crippen LogP contribution in [-0.2, 0) is 0 Å². The second-order valence-corrected chi connectivity index (χ2v) is 7.10. The van der Waals surface area contributed by atoms with Gasteiger partial charge in [0.1, 0.15) is 11.6 Å². The van der Waals surface area contributed by atoms with E-state index in [0.29, 0.717) is 17.2 Å². The summed E-state index contributed by atoms with van der Waals surface area (Å²) < 4.78 is 0. The zero-order chi connectivity index (χ0) is 17.9. The molecule has 0 saturated carbocycles. The van der Waals surface area contributed by atoms with Gasteiger partial charge in [0.15, 0.2) is 5.13 Å². The lowest BCUT2D eigenvalue weighted by molar-refractivity contribution is 0.0732. The summed E-state index contributed by atoms with van der Waals surface area (Å²) >= 11 is 1.52. The first-order valence-electron chi connectivity index (χ1n) is 8.59. The molecular formula is C19H19N5OS. The van der Waals surface area contributed by atoms with Crippen LogP contribution in [0.5, 0.6) is 0 Å². The number of aryl methyl sites for hydroxylation is 1. The molecule has 0 bridgehead atoms. The van der Waals surface area contributed by atoms with Crippen molar-refractivity contribution in [1.82, 2.24) is 19.9 Å². The lowest BCUT2D eigenvalue weighted by atomic mass is 10.1. The smallest absolute Gasteiger partial charge is 0.254 e. The van der Waals surface area contributed by atoms with Gasteiger partial charge < -0.3 is 10.2 Å². The third-order valence-electron chi connectivity index (χ3n) is 4.40. The standard InChI is InChI=1S/C19H19N5OS/c1-13-21-15(12-17(22-13)23-19-20-9-11-26-19)16-8-5-10-24(16)18(25)14-6-3-2-4-7-14/h2-4,6-7,9,11-12,16H,5,8,10H2,1H3,(H,20,21,22,23)/t16-/m1/s1. The Hall–Kier alpha value is -2.80. The van der Waals surface area contributed by atoms with E-state index in [9.17, 15) is 4.79 Å². The number of rotatable bonds is 4. The normalized spacial score (nSPS) is 16.7. The fraction of sp³-hybridized carbons (Fsp3) is 0.263. The van der Waals surface area contributed by atoms with E-state index in [1.165, 1.54) is 11.3 Å². The molecule has 4 rings (SSSR count). The number of likely N-dealkylation sites (tertiary alicyclic amines) is 1. The summed E-state index contributed by atoms with van der Waals surface area (Å²) in [6.45, 7) is 2.62. The molecule has 1 atom stereocenters. The van der Waals surface area contributed by atoms with Crippen molar-refractivity contribution in [3.8, 4) is 0 Å². The van der Waals surface area contributed by atoms with E-state index in [1.807, 2.05) is 53.6 Å². The molecule has 1 aliphatic heterocycles. The van der Waals surface area contributed by atoms with Crippen molar-refractivity contribution in [3.05, 3.63) is 65.1 Å². The molecule has 1 fully saturated rings. The van der Waals surface area contributed by atoms with Gasteiger partial charge in [-0.2, -0.15) is 0 Å². The summed E-state index contributed by atoms with van der Waals surface area (Å²) in [6.07, 6.45) is 3.63. The Labute approximate surface area is 155 Å². The largest absolute Gasteiger partial charge is 0.330 e. The first-order chi connectivity index (χ1) is 12.7. The summed E-state index contributed by atoms with van der Waals surface area (Å²) in [5.74, 6) is 1.45. The molecule has 7 heteroatoms. The molecular weight excluding hydrogens is 346 g/mol. The highest BCUT2D eigenvalue weighted by atomic mass is 32.1. The number of hydrogen-bond donors (Lipinski definition) is 1. The molecule has 1 aliphatic rings. The van der Waals surface area contributed by atoms with Gasteiger partial charge in [-0.05, 0) is 31.9 Å². The number of amides is 1. The van der Waals surface area contributed by atoms with Crippen LogP contribution in [0.3, 0.4) is 0 Å². The topological polar surface area (TPSA) is 71.0 Å². The van der Waals surface area contributed by atoms with E-state index in [2.05, 4.69) is 20.3 Å². The van der Waals surface area contributed by atoms with Crippen molar-refractivity contribution in [2.75, 3.05) is 11.9 Å². The lowest BCUT2D eigenvalue weighted by Gasteiger charge is -2.25. The quantitative estimate of drug-likeness (QED) is 0.758. The molecule has 0 radical (unpaired) electrons. The fourth-order valence-electron chi connectivity index (χ4n) is 3.28. The van der Waals surface area contributed by atoms with Gasteiger partial charge in [-0.15, -0.1) is 11.3 Å². The fourth-order valence-corrected chi connectivity index (χ4v) is 3.82. The van der Waals surface area contributed by atoms with Crippen molar-refractivity contribution in [2.45, 2.75) is 25.8 Å². The summed E-state index contributed by atoms with van der Waals surface area (Å²) in [5, 5.41) is 5.92. The second kappa shape index (κ2) is 7.21. The zero-order valence-corrected chi connectivity index (χ0v) is 15.2. The van der Waals surface area contributed by atoms with Crippen molar-refractivity contribution in [2.24, 2.45) is 0 Å². The van der Waals surface area contributed by atoms with Gasteiger partial charge >= 0.3 is 0 Å². The number of carbonyl (C=O) groups excluding carboxylic acids is 1.